The number of nitrogens with zero attached hydrogens (tertiary/aromatic N) is 5. The maximum Gasteiger partial charge on any atom is 0.214 e. The van der Waals surface area contributed by atoms with Gasteiger partial charge in [-0.3, -0.25) is 0 Å². The zero-order valence-corrected chi connectivity index (χ0v) is 15.9. The Morgan fingerprint density at radius 3 is 2.52 bits per heavy atom. The first-order chi connectivity index (χ1) is 13.1. The van der Waals surface area contributed by atoms with Crippen molar-refractivity contribution >= 4 is 27.1 Å². The Morgan fingerprint density at radius 2 is 1.85 bits per heavy atom. The second-order valence-electron chi connectivity index (χ2n) is 6.35. The van der Waals surface area contributed by atoms with E-state index in [4.69, 9.17) is 5.26 Å². The summed E-state index contributed by atoms with van der Waals surface area (Å²) in [6.45, 7) is 0.705. The zero-order chi connectivity index (χ0) is 18.8. The second kappa shape index (κ2) is 7.09. The van der Waals surface area contributed by atoms with Gasteiger partial charge < -0.3 is 10.2 Å². The second-order valence-corrected chi connectivity index (χ2v) is 7.30. The summed E-state index contributed by atoms with van der Waals surface area (Å²) in [6, 6.07) is 18.0. The van der Waals surface area contributed by atoms with Crippen LogP contribution in [0, 0.1) is 11.3 Å². The summed E-state index contributed by atoms with van der Waals surface area (Å²) >= 11 is 1.52. The molecule has 27 heavy (non-hydrogen) atoms. The fourth-order valence-corrected chi connectivity index (χ4v) is 3.54. The third-order valence-corrected chi connectivity index (χ3v) is 5.17. The van der Waals surface area contributed by atoms with Gasteiger partial charge in [-0.05, 0) is 29.8 Å². The topological polar surface area (TPSA) is 69.2 Å². The van der Waals surface area contributed by atoms with E-state index >= 15 is 0 Å². The Morgan fingerprint density at radius 1 is 1.11 bits per heavy atom. The molecule has 0 amide bonds. The van der Waals surface area contributed by atoms with Crippen LogP contribution >= 0.6 is 11.3 Å². The van der Waals surface area contributed by atoms with Crippen molar-refractivity contribution in [3.8, 4) is 17.3 Å². The van der Waals surface area contributed by atoms with Crippen molar-refractivity contribution in [1.82, 2.24) is 14.6 Å². The first kappa shape index (κ1) is 17.1. The van der Waals surface area contributed by atoms with E-state index in [2.05, 4.69) is 50.6 Å². The van der Waals surface area contributed by atoms with Gasteiger partial charge in [0.1, 0.15) is 0 Å². The standard InChI is InChI=1S/C20H18N6S/c1-25(2)17-9-5-15(6-10-17)12-22-19-24-26-18(13-23-20(26)27-19)16-7-3-14(11-21)4-8-16/h3-10,13H,12H2,1-2H3,(H,22,24). The fourth-order valence-electron chi connectivity index (χ4n) is 2.77. The molecular weight excluding hydrogens is 356 g/mol. The molecular formula is C20H18N6S. The summed E-state index contributed by atoms with van der Waals surface area (Å²) in [6.07, 6.45) is 1.81. The van der Waals surface area contributed by atoms with Gasteiger partial charge in [-0.25, -0.2) is 9.50 Å². The molecule has 0 unspecified atom stereocenters. The molecule has 134 valence electrons. The monoisotopic (exact) mass is 374 g/mol. The van der Waals surface area contributed by atoms with Crippen molar-refractivity contribution in [2.75, 3.05) is 24.3 Å². The van der Waals surface area contributed by atoms with Gasteiger partial charge in [0.2, 0.25) is 10.1 Å². The van der Waals surface area contributed by atoms with E-state index in [1.807, 2.05) is 36.9 Å². The summed E-state index contributed by atoms with van der Waals surface area (Å²) in [5.74, 6) is 0. The van der Waals surface area contributed by atoms with E-state index in [1.165, 1.54) is 22.6 Å². The van der Waals surface area contributed by atoms with Crippen molar-refractivity contribution < 1.29 is 0 Å². The van der Waals surface area contributed by atoms with Crippen LogP contribution in [0.25, 0.3) is 16.2 Å². The lowest BCUT2D eigenvalue weighted by Crippen LogP contribution is -2.08. The lowest BCUT2D eigenvalue weighted by molar-refractivity contribution is 0.968. The number of hydrogen-bond donors (Lipinski definition) is 1. The minimum Gasteiger partial charge on any atom is -0.378 e. The molecule has 0 atom stereocenters. The average molecular weight is 374 g/mol. The predicted octanol–water partition coefficient (Wildman–Crippen LogP) is 4.01. The number of hydrogen-bond acceptors (Lipinski definition) is 6. The summed E-state index contributed by atoms with van der Waals surface area (Å²) < 4.78 is 1.84. The highest BCUT2D eigenvalue weighted by Crippen LogP contribution is 2.26. The van der Waals surface area contributed by atoms with Gasteiger partial charge in [0.25, 0.3) is 0 Å². The molecule has 0 fully saturated rings. The van der Waals surface area contributed by atoms with Crippen molar-refractivity contribution in [1.29, 1.82) is 5.26 Å². The number of fused-ring (bicyclic) bond motifs is 1. The number of rotatable bonds is 5. The van der Waals surface area contributed by atoms with Crippen LogP contribution in [-0.2, 0) is 6.54 Å². The summed E-state index contributed by atoms with van der Waals surface area (Å²) in [5.41, 5.74) is 4.91. The molecule has 0 spiro atoms. The molecule has 4 aromatic rings. The van der Waals surface area contributed by atoms with Crippen LogP contribution in [0.2, 0.25) is 0 Å². The molecule has 0 saturated carbocycles. The smallest absolute Gasteiger partial charge is 0.214 e. The summed E-state index contributed by atoms with van der Waals surface area (Å²) in [4.78, 5) is 7.37. The SMILES string of the molecule is CN(C)c1ccc(CNc2nn3c(-c4ccc(C#N)cc4)cnc3s2)cc1. The van der Waals surface area contributed by atoms with Crippen molar-refractivity contribution in [2.24, 2.45) is 0 Å². The van der Waals surface area contributed by atoms with E-state index in [0.717, 1.165) is 21.3 Å². The number of benzene rings is 2. The van der Waals surface area contributed by atoms with Gasteiger partial charge in [-0.15, -0.1) is 5.10 Å². The molecule has 7 heteroatoms. The van der Waals surface area contributed by atoms with E-state index in [-0.39, 0.29) is 0 Å². The number of imidazole rings is 1. The molecule has 2 heterocycles. The normalized spacial score (nSPS) is 10.7. The van der Waals surface area contributed by atoms with Crippen LogP contribution in [-0.4, -0.2) is 28.7 Å². The first-order valence-corrected chi connectivity index (χ1v) is 9.31. The third kappa shape index (κ3) is 3.48. The van der Waals surface area contributed by atoms with Gasteiger partial charge in [-0.1, -0.05) is 35.6 Å². The molecule has 0 aliphatic carbocycles. The molecule has 0 aliphatic rings. The number of nitrogens with one attached hydrogen (secondary N) is 1. The molecule has 0 saturated heterocycles. The first-order valence-electron chi connectivity index (χ1n) is 8.49. The maximum atomic E-state index is 8.94. The van der Waals surface area contributed by atoms with Crippen LogP contribution in [0.3, 0.4) is 0 Å². The number of aromatic nitrogens is 3. The highest BCUT2D eigenvalue weighted by Gasteiger charge is 2.11. The Labute approximate surface area is 161 Å². The molecule has 1 N–H and O–H groups in total. The zero-order valence-electron chi connectivity index (χ0n) is 15.0. The molecule has 6 nitrogen and oxygen atoms in total. The van der Waals surface area contributed by atoms with Gasteiger partial charge in [0, 0.05) is 31.9 Å². The molecule has 2 aromatic carbocycles. The minimum absolute atomic E-state index is 0.639. The van der Waals surface area contributed by atoms with Crippen molar-refractivity contribution in [2.45, 2.75) is 6.54 Å². The molecule has 4 rings (SSSR count). The van der Waals surface area contributed by atoms with Crippen molar-refractivity contribution in [3.63, 3.8) is 0 Å². The van der Waals surface area contributed by atoms with Crippen LogP contribution < -0.4 is 10.2 Å². The number of nitriles is 1. The predicted molar refractivity (Wildman–Crippen MR) is 109 cm³/mol. The summed E-state index contributed by atoms with van der Waals surface area (Å²) in [5, 5.41) is 17.8. The van der Waals surface area contributed by atoms with Gasteiger partial charge in [-0.2, -0.15) is 5.26 Å². The molecule has 0 radical (unpaired) electrons. The minimum atomic E-state index is 0.639. The molecule has 2 aromatic heterocycles. The largest absolute Gasteiger partial charge is 0.378 e. The van der Waals surface area contributed by atoms with E-state index in [0.29, 0.717) is 12.1 Å². The Bertz CT molecular complexity index is 1100. The quantitative estimate of drug-likeness (QED) is 0.572. The molecule has 0 aliphatic heterocycles. The van der Waals surface area contributed by atoms with Crippen LogP contribution in [0.4, 0.5) is 10.8 Å². The fraction of sp³-hybridized carbons (Fsp3) is 0.150. The highest BCUT2D eigenvalue weighted by molar-refractivity contribution is 7.20. The third-order valence-electron chi connectivity index (χ3n) is 4.29. The van der Waals surface area contributed by atoms with Crippen LogP contribution in [0.15, 0.2) is 54.7 Å². The van der Waals surface area contributed by atoms with Crippen molar-refractivity contribution in [3.05, 3.63) is 65.9 Å². The molecule has 0 bridgehead atoms. The average Bonchev–Trinajstić information content (AvgIpc) is 3.27. The lowest BCUT2D eigenvalue weighted by Gasteiger charge is -2.12. The van der Waals surface area contributed by atoms with E-state index in [1.54, 1.807) is 12.1 Å². The van der Waals surface area contributed by atoms with Gasteiger partial charge in [0.15, 0.2) is 0 Å². The Hall–Kier alpha value is -3.37. The van der Waals surface area contributed by atoms with E-state index < -0.39 is 0 Å². The van der Waals surface area contributed by atoms with Gasteiger partial charge in [0.05, 0.1) is 23.5 Å². The van der Waals surface area contributed by atoms with Gasteiger partial charge >= 0.3 is 0 Å². The van der Waals surface area contributed by atoms with E-state index in [9.17, 15) is 0 Å². The number of anilines is 2. The highest BCUT2D eigenvalue weighted by atomic mass is 32.1. The van der Waals surface area contributed by atoms with Crippen LogP contribution in [0.5, 0.6) is 0 Å². The van der Waals surface area contributed by atoms with Crippen LogP contribution in [0.1, 0.15) is 11.1 Å². The lowest BCUT2D eigenvalue weighted by atomic mass is 10.1. The Kier molecular flexibility index (Phi) is 4.48. The summed E-state index contributed by atoms with van der Waals surface area (Å²) in [7, 11) is 4.06. The maximum absolute atomic E-state index is 8.94. The Balaban J connectivity index is 1.52.